The third-order valence-corrected chi connectivity index (χ3v) is 3.93. The maximum atomic E-state index is 12.9. The molecule has 21 heavy (non-hydrogen) atoms. The zero-order valence-corrected chi connectivity index (χ0v) is 13.3. The number of ketones is 1. The van der Waals surface area contributed by atoms with Crippen LogP contribution in [-0.2, 0) is 0 Å². The molecule has 0 aliphatic rings. The summed E-state index contributed by atoms with van der Waals surface area (Å²) in [4.78, 5) is 17.2. The van der Waals surface area contributed by atoms with Gasteiger partial charge in [0.05, 0.1) is 16.2 Å². The Morgan fingerprint density at radius 3 is 2.76 bits per heavy atom. The fourth-order valence-corrected chi connectivity index (χ4v) is 2.82. The van der Waals surface area contributed by atoms with E-state index in [9.17, 15) is 4.79 Å². The monoisotopic (exact) mass is 343 g/mol. The van der Waals surface area contributed by atoms with Crippen molar-refractivity contribution in [2.45, 2.75) is 19.9 Å². The summed E-state index contributed by atoms with van der Waals surface area (Å²) in [6.45, 7) is 4.00. The van der Waals surface area contributed by atoms with Crippen molar-refractivity contribution in [2.24, 2.45) is 0 Å². The van der Waals surface area contributed by atoms with Crippen LogP contribution < -0.4 is 0 Å². The molecule has 106 valence electrons. The lowest BCUT2D eigenvalue weighted by Crippen LogP contribution is -2.14. The Morgan fingerprint density at radius 2 is 2.00 bits per heavy atom. The van der Waals surface area contributed by atoms with E-state index in [1.54, 1.807) is 23.1 Å². The van der Waals surface area contributed by atoms with Crippen LogP contribution in [0.3, 0.4) is 0 Å². The number of carbonyl (C=O) groups excluding carboxylic acids is 1. The van der Waals surface area contributed by atoms with Crippen molar-refractivity contribution in [1.82, 2.24) is 14.8 Å². The number of benzene rings is 1. The van der Waals surface area contributed by atoms with Gasteiger partial charge in [0.25, 0.3) is 0 Å². The fourth-order valence-electron chi connectivity index (χ4n) is 2.37. The minimum Gasteiger partial charge on any atom is -0.287 e. The molecule has 0 aliphatic carbocycles. The van der Waals surface area contributed by atoms with E-state index in [1.807, 2.05) is 38.1 Å². The quantitative estimate of drug-likeness (QED) is 0.675. The van der Waals surface area contributed by atoms with Gasteiger partial charge in [-0.2, -0.15) is 5.10 Å². The number of para-hydroxylation sites is 1. The van der Waals surface area contributed by atoms with Crippen LogP contribution in [0.15, 0.2) is 47.2 Å². The Balaban J connectivity index is 2.20. The number of nitrogens with zero attached hydrogens (tertiary/aromatic N) is 3. The normalized spacial score (nSPS) is 11.2. The van der Waals surface area contributed by atoms with Gasteiger partial charge in [-0.3, -0.25) is 14.5 Å². The van der Waals surface area contributed by atoms with Gasteiger partial charge in [-0.05, 0) is 41.9 Å². The van der Waals surface area contributed by atoms with Crippen LogP contribution in [0.5, 0.6) is 0 Å². The molecule has 3 rings (SSSR count). The first-order chi connectivity index (χ1) is 10.1. The molecule has 0 spiro atoms. The summed E-state index contributed by atoms with van der Waals surface area (Å²) < 4.78 is 2.45. The minimum absolute atomic E-state index is 0.0494. The predicted octanol–water partition coefficient (Wildman–Crippen LogP) is 4.01. The van der Waals surface area contributed by atoms with Crippen LogP contribution in [0.1, 0.15) is 35.9 Å². The first kappa shape index (κ1) is 13.9. The van der Waals surface area contributed by atoms with Crippen molar-refractivity contribution >= 4 is 32.6 Å². The lowest BCUT2D eigenvalue weighted by molar-refractivity contribution is 0.102. The molecule has 0 saturated heterocycles. The molecule has 0 saturated carbocycles. The molecule has 0 bridgehead atoms. The summed E-state index contributed by atoms with van der Waals surface area (Å²) in [6, 6.07) is 9.52. The topological polar surface area (TPSA) is 47.8 Å². The average molecular weight is 344 g/mol. The summed E-state index contributed by atoms with van der Waals surface area (Å²) in [6.07, 6.45) is 3.33. The molecular formula is C16H14BrN3O. The molecule has 3 aromatic rings. The first-order valence-corrected chi connectivity index (χ1v) is 7.50. The highest BCUT2D eigenvalue weighted by Crippen LogP contribution is 2.25. The molecular weight excluding hydrogens is 330 g/mol. The van der Waals surface area contributed by atoms with Crippen molar-refractivity contribution in [3.05, 3.63) is 58.5 Å². The number of aromatic nitrogens is 3. The van der Waals surface area contributed by atoms with Crippen LogP contribution in [0.4, 0.5) is 0 Å². The van der Waals surface area contributed by atoms with Gasteiger partial charge < -0.3 is 0 Å². The van der Waals surface area contributed by atoms with Crippen molar-refractivity contribution in [2.75, 3.05) is 0 Å². The fraction of sp³-hybridized carbons (Fsp3) is 0.188. The third kappa shape index (κ3) is 2.38. The van der Waals surface area contributed by atoms with Crippen molar-refractivity contribution in [3.63, 3.8) is 0 Å². The molecule has 0 unspecified atom stereocenters. The second-order valence-electron chi connectivity index (χ2n) is 5.08. The van der Waals surface area contributed by atoms with Crippen LogP contribution in [0, 0.1) is 0 Å². The van der Waals surface area contributed by atoms with Crippen molar-refractivity contribution in [1.29, 1.82) is 0 Å². The van der Waals surface area contributed by atoms with Gasteiger partial charge in [0.15, 0.2) is 0 Å². The zero-order chi connectivity index (χ0) is 15.0. The lowest BCUT2D eigenvalue weighted by Gasteiger charge is -2.11. The summed E-state index contributed by atoms with van der Waals surface area (Å²) in [7, 11) is 0. The summed E-state index contributed by atoms with van der Waals surface area (Å²) >= 11 is 3.43. The largest absolute Gasteiger partial charge is 0.287 e. The molecule has 0 radical (unpaired) electrons. The van der Waals surface area contributed by atoms with E-state index in [0.717, 1.165) is 10.9 Å². The Labute approximate surface area is 130 Å². The number of fused-ring (bicyclic) bond motifs is 1. The molecule has 0 amide bonds. The second-order valence-corrected chi connectivity index (χ2v) is 5.94. The van der Waals surface area contributed by atoms with Gasteiger partial charge in [-0.15, -0.1) is 0 Å². The van der Waals surface area contributed by atoms with Gasteiger partial charge in [0, 0.05) is 23.2 Å². The third-order valence-electron chi connectivity index (χ3n) is 3.35. The molecule has 2 heterocycles. The highest BCUT2D eigenvalue weighted by Gasteiger charge is 2.21. The van der Waals surface area contributed by atoms with E-state index in [0.29, 0.717) is 15.7 Å². The minimum atomic E-state index is -0.0494. The molecule has 1 aromatic carbocycles. The Hall–Kier alpha value is -2.01. The van der Waals surface area contributed by atoms with E-state index < -0.39 is 0 Å². The van der Waals surface area contributed by atoms with Gasteiger partial charge in [0.2, 0.25) is 5.78 Å². The molecule has 0 fully saturated rings. The van der Waals surface area contributed by atoms with Gasteiger partial charge in [0.1, 0.15) is 5.69 Å². The average Bonchev–Trinajstić information content (AvgIpc) is 2.88. The Morgan fingerprint density at radius 1 is 1.24 bits per heavy atom. The number of hydrogen-bond acceptors (Lipinski definition) is 3. The molecule has 0 aliphatic heterocycles. The molecule has 5 heteroatoms. The van der Waals surface area contributed by atoms with Crippen LogP contribution in [0.2, 0.25) is 0 Å². The lowest BCUT2D eigenvalue weighted by atomic mass is 10.0. The van der Waals surface area contributed by atoms with Gasteiger partial charge in [-0.1, -0.05) is 18.2 Å². The van der Waals surface area contributed by atoms with E-state index in [1.165, 1.54) is 0 Å². The molecule has 0 N–H and O–H groups in total. The number of hydrogen-bond donors (Lipinski definition) is 0. The highest BCUT2D eigenvalue weighted by molar-refractivity contribution is 9.10. The predicted molar refractivity (Wildman–Crippen MR) is 85.5 cm³/mol. The smallest absolute Gasteiger partial charge is 0.212 e. The van der Waals surface area contributed by atoms with E-state index in [-0.39, 0.29) is 11.8 Å². The summed E-state index contributed by atoms with van der Waals surface area (Å²) in [5.41, 5.74) is 2.03. The number of pyridine rings is 1. The molecule has 4 nitrogen and oxygen atoms in total. The van der Waals surface area contributed by atoms with Crippen LogP contribution in [0.25, 0.3) is 10.9 Å². The second kappa shape index (κ2) is 5.41. The number of rotatable bonds is 3. The standard InChI is InChI=1S/C16H14BrN3O/c1-10(2)20-15(13(17)9-19-20)16(21)12-7-8-18-14-6-4-3-5-11(12)14/h3-10H,1-2H3. The van der Waals surface area contributed by atoms with E-state index in [4.69, 9.17) is 0 Å². The Kier molecular flexibility index (Phi) is 3.59. The van der Waals surface area contributed by atoms with Gasteiger partial charge in [-0.25, -0.2) is 0 Å². The van der Waals surface area contributed by atoms with Crippen molar-refractivity contribution in [3.8, 4) is 0 Å². The number of carbonyl (C=O) groups is 1. The van der Waals surface area contributed by atoms with E-state index in [2.05, 4.69) is 26.0 Å². The van der Waals surface area contributed by atoms with Gasteiger partial charge >= 0.3 is 0 Å². The van der Waals surface area contributed by atoms with Crippen LogP contribution in [-0.4, -0.2) is 20.5 Å². The summed E-state index contributed by atoms with van der Waals surface area (Å²) in [5, 5.41) is 5.13. The first-order valence-electron chi connectivity index (χ1n) is 6.71. The van der Waals surface area contributed by atoms with E-state index >= 15 is 0 Å². The van der Waals surface area contributed by atoms with Crippen LogP contribution >= 0.6 is 15.9 Å². The maximum absolute atomic E-state index is 12.9. The Bertz CT molecular complexity index is 818. The highest BCUT2D eigenvalue weighted by atomic mass is 79.9. The summed E-state index contributed by atoms with van der Waals surface area (Å²) in [5.74, 6) is -0.0494. The SMILES string of the molecule is CC(C)n1ncc(Br)c1C(=O)c1ccnc2ccccc12. The number of halogens is 1. The zero-order valence-electron chi connectivity index (χ0n) is 11.7. The maximum Gasteiger partial charge on any atom is 0.212 e. The molecule has 2 aromatic heterocycles. The van der Waals surface area contributed by atoms with Crippen molar-refractivity contribution < 1.29 is 4.79 Å². The molecule has 0 atom stereocenters.